The van der Waals surface area contributed by atoms with Gasteiger partial charge in [-0.25, -0.2) is 0 Å². The van der Waals surface area contributed by atoms with Gasteiger partial charge in [-0.1, -0.05) is 30.3 Å². The fourth-order valence-corrected chi connectivity index (χ4v) is 2.77. The molecule has 0 radical (unpaired) electrons. The molecule has 1 fully saturated rings. The third-order valence-corrected chi connectivity index (χ3v) is 3.99. The van der Waals surface area contributed by atoms with Crippen molar-refractivity contribution in [2.75, 3.05) is 39.8 Å². The Morgan fingerprint density at radius 2 is 2.00 bits per heavy atom. The standard InChI is InChI=1S/C16H25N3O/c1-18-10-11-19(13-15(12-18)16(17)20)9-5-8-14-6-3-2-4-7-14/h2-4,6-7,15H,5,8-13H2,1H3,(H2,17,20)/t15-/m0/s1. The van der Waals surface area contributed by atoms with E-state index in [1.807, 2.05) is 6.07 Å². The maximum atomic E-state index is 11.5. The zero-order valence-electron chi connectivity index (χ0n) is 12.3. The lowest BCUT2D eigenvalue weighted by atomic mass is 10.1. The van der Waals surface area contributed by atoms with Gasteiger partial charge in [0.05, 0.1) is 5.92 Å². The lowest BCUT2D eigenvalue weighted by molar-refractivity contribution is -0.122. The number of aryl methyl sites for hydroxylation is 1. The van der Waals surface area contributed by atoms with Gasteiger partial charge in [-0.05, 0) is 32.0 Å². The van der Waals surface area contributed by atoms with Gasteiger partial charge in [0.25, 0.3) is 0 Å². The molecule has 4 nitrogen and oxygen atoms in total. The zero-order valence-corrected chi connectivity index (χ0v) is 12.3. The maximum Gasteiger partial charge on any atom is 0.223 e. The number of hydrogen-bond acceptors (Lipinski definition) is 3. The number of nitrogens with zero attached hydrogens (tertiary/aromatic N) is 2. The van der Waals surface area contributed by atoms with Crippen molar-refractivity contribution in [1.82, 2.24) is 9.80 Å². The normalized spacial score (nSPS) is 21.6. The van der Waals surface area contributed by atoms with Crippen molar-refractivity contribution in [2.24, 2.45) is 11.7 Å². The number of nitrogens with two attached hydrogens (primary N) is 1. The molecule has 1 aliphatic heterocycles. The van der Waals surface area contributed by atoms with Gasteiger partial charge in [-0.2, -0.15) is 0 Å². The first kappa shape index (κ1) is 15.0. The second-order valence-corrected chi connectivity index (χ2v) is 5.75. The van der Waals surface area contributed by atoms with Gasteiger partial charge >= 0.3 is 0 Å². The minimum Gasteiger partial charge on any atom is -0.369 e. The highest BCUT2D eigenvalue weighted by Gasteiger charge is 2.24. The first-order valence-corrected chi connectivity index (χ1v) is 7.39. The molecule has 0 aliphatic carbocycles. The Balaban J connectivity index is 1.80. The molecule has 0 saturated carbocycles. The van der Waals surface area contributed by atoms with Crippen molar-refractivity contribution in [1.29, 1.82) is 0 Å². The molecule has 0 aromatic heterocycles. The van der Waals surface area contributed by atoms with Crippen LogP contribution < -0.4 is 5.73 Å². The number of rotatable bonds is 5. The lowest BCUT2D eigenvalue weighted by Gasteiger charge is -2.22. The molecule has 1 aliphatic rings. The molecule has 20 heavy (non-hydrogen) atoms. The number of carbonyl (C=O) groups excluding carboxylic acids is 1. The Morgan fingerprint density at radius 1 is 1.25 bits per heavy atom. The summed E-state index contributed by atoms with van der Waals surface area (Å²) in [4.78, 5) is 16.0. The van der Waals surface area contributed by atoms with Gasteiger partial charge in [-0.15, -0.1) is 0 Å². The molecule has 110 valence electrons. The van der Waals surface area contributed by atoms with Crippen LogP contribution in [-0.4, -0.2) is 55.5 Å². The van der Waals surface area contributed by atoms with Crippen LogP contribution in [0, 0.1) is 5.92 Å². The summed E-state index contributed by atoms with van der Waals surface area (Å²) in [5, 5.41) is 0. The number of primary amides is 1. The van der Waals surface area contributed by atoms with Crippen LogP contribution in [0.4, 0.5) is 0 Å². The van der Waals surface area contributed by atoms with Crippen LogP contribution >= 0.6 is 0 Å². The SMILES string of the molecule is CN1CCN(CCCc2ccccc2)C[C@@H](C(N)=O)C1. The van der Waals surface area contributed by atoms with Crippen molar-refractivity contribution in [3.05, 3.63) is 35.9 Å². The minimum absolute atomic E-state index is 0.0424. The molecule has 2 rings (SSSR count). The van der Waals surface area contributed by atoms with Gasteiger partial charge in [0.1, 0.15) is 0 Å². The van der Waals surface area contributed by atoms with E-state index < -0.39 is 0 Å². The molecule has 1 aromatic carbocycles. The van der Waals surface area contributed by atoms with Gasteiger partial charge in [0, 0.05) is 26.2 Å². The fourth-order valence-electron chi connectivity index (χ4n) is 2.77. The predicted molar refractivity (Wildman–Crippen MR) is 81.4 cm³/mol. The van der Waals surface area contributed by atoms with E-state index in [4.69, 9.17) is 5.73 Å². The highest BCUT2D eigenvalue weighted by Crippen LogP contribution is 2.10. The third kappa shape index (κ3) is 4.62. The summed E-state index contributed by atoms with van der Waals surface area (Å²) in [7, 11) is 2.06. The largest absolute Gasteiger partial charge is 0.369 e. The molecule has 0 bridgehead atoms. The van der Waals surface area contributed by atoms with Crippen molar-refractivity contribution < 1.29 is 4.79 Å². The van der Waals surface area contributed by atoms with Crippen LogP contribution in [0.15, 0.2) is 30.3 Å². The summed E-state index contributed by atoms with van der Waals surface area (Å²) in [6.45, 7) is 4.65. The number of likely N-dealkylation sites (N-methyl/N-ethyl adjacent to an activating group) is 1. The van der Waals surface area contributed by atoms with E-state index in [9.17, 15) is 4.79 Å². The number of hydrogen-bond donors (Lipinski definition) is 1. The second kappa shape index (κ2) is 7.41. The molecular weight excluding hydrogens is 250 g/mol. The monoisotopic (exact) mass is 275 g/mol. The lowest BCUT2D eigenvalue weighted by Crippen LogP contribution is -2.38. The predicted octanol–water partition coefficient (Wildman–Crippen LogP) is 0.968. The fraction of sp³-hybridized carbons (Fsp3) is 0.562. The van der Waals surface area contributed by atoms with Crippen LogP contribution in [-0.2, 0) is 11.2 Å². The highest BCUT2D eigenvalue weighted by molar-refractivity contribution is 5.77. The molecule has 2 N–H and O–H groups in total. The number of benzene rings is 1. The zero-order chi connectivity index (χ0) is 14.4. The average molecular weight is 275 g/mol. The molecule has 4 heteroatoms. The van der Waals surface area contributed by atoms with Crippen LogP contribution in [0.3, 0.4) is 0 Å². The minimum atomic E-state index is -0.174. The summed E-state index contributed by atoms with van der Waals surface area (Å²) in [6, 6.07) is 10.6. The van der Waals surface area contributed by atoms with E-state index in [1.165, 1.54) is 5.56 Å². The Labute approximate surface area is 121 Å². The molecule has 0 spiro atoms. The van der Waals surface area contributed by atoms with E-state index in [0.29, 0.717) is 0 Å². The van der Waals surface area contributed by atoms with Gasteiger partial charge < -0.3 is 15.5 Å². The van der Waals surface area contributed by atoms with Crippen molar-refractivity contribution in [3.63, 3.8) is 0 Å². The first-order valence-electron chi connectivity index (χ1n) is 7.39. The molecule has 0 unspecified atom stereocenters. The Bertz CT molecular complexity index is 421. The summed E-state index contributed by atoms with van der Waals surface area (Å²) in [5.74, 6) is -0.217. The van der Waals surface area contributed by atoms with Gasteiger partial charge in [-0.3, -0.25) is 4.79 Å². The van der Waals surface area contributed by atoms with E-state index >= 15 is 0 Å². The first-order chi connectivity index (χ1) is 9.65. The maximum absolute atomic E-state index is 11.5. The molecular formula is C16H25N3O. The van der Waals surface area contributed by atoms with Crippen LogP contribution in [0.1, 0.15) is 12.0 Å². The molecule has 1 atom stereocenters. The number of carbonyl (C=O) groups is 1. The van der Waals surface area contributed by atoms with Gasteiger partial charge in [0.2, 0.25) is 5.91 Å². The van der Waals surface area contributed by atoms with Crippen LogP contribution in [0.2, 0.25) is 0 Å². The van der Waals surface area contributed by atoms with Crippen molar-refractivity contribution >= 4 is 5.91 Å². The summed E-state index contributed by atoms with van der Waals surface area (Å²) in [6.07, 6.45) is 2.22. The number of amides is 1. The molecule has 1 heterocycles. The smallest absolute Gasteiger partial charge is 0.223 e. The van der Waals surface area contributed by atoms with E-state index in [1.54, 1.807) is 0 Å². The van der Waals surface area contributed by atoms with Gasteiger partial charge in [0.15, 0.2) is 0 Å². The topological polar surface area (TPSA) is 49.6 Å². The van der Waals surface area contributed by atoms with E-state index in [-0.39, 0.29) is 11.8 Å². The van der Waals surface area contributed by atoms with Crippen molar-refractivity contribution in [3.8, 4) is 0 Å². The molecule has 1 saturated heterocycles. The molecule has 1 aromatic rings. The van der Waals surface area contributed by atoms with Crippen molar-refractivity contribution in [2.45, 2.75) is 12.8 Å². The highest BCUT2D eigenvalue weighted by atomic mass is 16.1. The molecule has 1 amide bonds. The van der Waals surface area contributed by atoms with E-state index in [0.717, 1.165) is 45.6 Å². The van der Waals surface area contributed by atoms with E-state index in [2.05, 4.69) is 41.1 Å². The third-order valence-electron chi connectivity index (χ3n) is 3.99. The Hall–Kier alpha value is -1.39. The summed E-state index contributed by atoms with van der Waals surface area (Å²) < 4.78 is 0. The van der Waals surface area contributed by atoms with Crippen LogP contribution in [0.5, 0.6) is 0 Å². The quantitative estimate of drug-likeness (QED) is 0.871. The summed E-state index contributed by atoms with van der Waals surface area (Å²) >= 11 is 0. The van der Waals surface area contributed by atoms with Crippen LogP contribution in [0.25, 0.3) is 0 Å². The summed E-state index contributed by atoms with van der Waals surface area (Å²) in [5.41, 5.74) is 6.87. The Kier molecular flexibility index (Phi) is 5.56. The second-order valence-electron chi connectivity index (χ2n) is 5.75. The Morgan fingerprint density at radius 3 is 2.70 bits per heavy atom. The average Bonchev–Trinajstić information content (AvgIpc) is 2.62.